The number of aromatic carboxylic acids is 1. The molecule has 0 amide bonds. The molecule has 2 saturated carbocycles. The van der Waals surface area contributed by atoms with Gasteiger partial charge in [0, 0.05) is 35.9 Å². The second-order valence-electron chi connectivity index (χ2n) is 9.79. The van der Waals surface area contributed by atoms with E-state index < -0.39 is 35.0 Å². The number of fused-ring (bicyclic) bond motifs is 2. The number of esters is 1. The van der Waals surface area contributed by atoms with E-state index in [0.717, 1.165) is 5.56 Å². The number of nitrogens with zero attached hydrogens (tertiary/aromatic N) is 2. The lowest BCUT2D eigenvalue weighted by Crippen LogP contribution is -2.35. The zero-order valence-corrected chi connectivity index (χ0v) is 20.0. The van der Waals surface area contributed by atoms with Crippen molar-refractivity contribution < 1.29 is 44.3 Å². The number of carbonyl (C=O) groups excluding carboxylic acids is 1. The minimum atomic E-state index is -1.30. The van der Waals surface area contributed by atoms with E-state index in [2.05, 4.69) is 9.97 Å². The molecular weight excluding hydrogens is 484 g/mol. The van der Waals surface area contributed by atoms with Gasteiger partial charge in [0.15, 0.2) is 0 Å². The molecule has 3 heterocycles. The first-order valence-electron chi connectivity index (χ1n) is 12.1. The molecule has 37 heavy (non-hydrogen) atoms. The molecule has 0 radical (unpaired) electrons. The van der Waals surface area contributed by atoms with E-state index in [-0.39, 0.29) is 35.9 Å². The summed E-state index contributed by atoms with van der Waals surface area (Å²) in [6.45, 7) is 0. The Morgan fingerprint density at radius 1 is 0.811 bits per heavy atom. The summed E-state index contributed by atoms with van der Waals surface area (Å²) in [7, 11) is 0. The molecular formula is C26H28N2O9. The van der Waals surface area contributed by atoms with Crippen LogP contribution in [0.4, 0.5) is 0 Å². The SMILES string of the molecule is O=C(O)c1ccncc1C1(O)CCC(C(=O)O)CC1.O=C1OC2(CCC(C(=O)O)CC2)c2cnccc21. The van der Waals surface area contributed by atoms with Crippen LogP contribution < -0.4 is 0 Å². The lowest BCUT2D eigenvalue weighted by atomic mass is 9.74. The van der Waals surface area contributed by atoms with E-state index in [0.29, 0.717) is 44.1 Å². The second kappa shape index (κ2) is 10.3. The maximum Gasteiger partial charge on any atom is 0.339 e. The smallest absolute Gasteiger partial charge is 0.339 e. The average Bonchev–Trinajstić information content (AvgIpc) is 3.16. The molecule has 0 atom stereocenters. The Morgan fingerprint density at radius 3 is 1.86 bits per heavy atom. The van der Waals surface area contributed by atoms with Crippen molar-refractivity contribution in [2.45, 2.75) is 62.6 Å². The first-order valence-corrected chi connectivity index (χ1v) is 12.1. The third-order valence-electron chi connectivity index (χ3n) is 7.68. The zero-order valence-electron chi connectivity index (χ0n) is 20.0. The van der Waals surface area contributed by atoms with Crippen LogP contribution in [0.15, 0.2) is 36.9 Å². The first-order chi connectivity index (χ1) is 17.6. The number of ether oxygens (including phenoxy) is 1. The molecule has 4 N–H and O–H groups in total. The Balaban J connectivity index is 0.000000173. The highest BCUT2D eigenvalue weighted by Gasteiger charge is 2.48. The third kappa shape index (κ3) is 5.17. The summed E-state index contributed by atoms with van der Waals surface area (Å²) in [4.78, 5) is 52.7. The van der Waals surface area contributed by atoms with E-state index in [9.17, 15) is 24.3 Å². The van der Waals surface area contributed by atoms with Gasteiger partial charge in [-0.25, -0.2) is 9.59 Å². The van der Waals surface area contributed by atoms with Crippen molar-refractivity contribution in [2.24, 2.45) is 11.8 Å². The minimum absolute atomic E-state index is 0.0197. The predicted octanol–water partition coefficient (Wildman–Crippen LogP) is 2.96. The molecule has 0 bridgehead atoms. The summed E-state index contributed by atoms with van der Waals surface area (Å²) < 4.78 is 5.52. The Bertz CT molecular complexity index is 1210. The third-order valence-corrected chi connectivity index (χ3v) is 7.68. The van der Waals surface area contributed by atoms with Gasteiger partial charge in [0.05, 0.1) is 28.6 Å². The van der Waals surface area contributed by atoms with Crippen LogP contribution >= 0.6 is 0 Å². The minimum Gasteiger partial charge on any atom is -0.481 e. The fourth-order valence-corrected chi connectivity index (χ4v) is 5.49. The molecule has 0 aromatic carbocycles. The molecule has 1 spiro atoms. The van der Waals surface area contributed by atoms with Crippen molar-refractivity contribution in [1.29, 1.82) is 0 Å². The molecule has 2 aromatic rings. The predicted molar refractivity (Wildman–Crippen MR) is 126 cm³/mol. The van der Waals surface area contributed by atoms with Gasteiger partial charge in [0.2, 0.25) is 0 Å². The number of aromatic nitrogens is 2. The second-order valence-corrected chi connectivity index (χ2v) is 9.79. The number of hydrogen-bond acceptors (Lipinski definition) is 8. The van der Waals surface area contributed by atoms with Crippen molar-refractivity contribution in [3.05, 3.63) is 59.2 Å². The number of aliphatic hydroxyl groups is 1. The summed E-state index contributed by atoms with van der Waals surface area (Å²) in [6.07, 6.45) is 9.29. The highest BCUT2D eigenvalue weighted by molar-refractivity contribution is 5.94. The van der Waals surface area contributed by atoms with E-state index in [1.165, 1.54) is 18.5 Å². The molecule has 2 aromatic heterocycles. The van der Waals surface area contributed by atoms with Gasteiger partial charge in [0.25, 0.3) is 0 Å². The van der Waals surface area contributed by atoms with Gasteiger partial charge in [-0.2, -0.15) is 0 Å². The lowest BCUT2D eigenvalue weighted by molar-refractivity contribution is -0.146. The van der Waals surface area contributed by atoms with E-state index >= 15 is 0 Å². The molecule has 5 rings (SSSR count). The monoisotopic (exact) mass is 512 g/mol. The number of aliphatic carboxylic acids is 2. The number of carboxylic acids is 3. The molecule has 1 aliphatic heterocycles. The summed E-state index contributed by atoms with van der Waals surface area (Å²) >= 11 is 0. The van der Waals surface area contributed by atoms with Crippen LogP contribution in [-0.2, 0) is 25.5 Å². The number of carbonyl (C=O) groups is 4. The van der Waals surface area contributed by atoms with Gasteiger partial charge in [-0.1, -0.05) is 0 Å². The fraction of sp³-hybridized carbons (Fsp3) is 0.462. The van der Waals surface area contributed by atoms with Crippen molar-refractivity contribution >= 4 is 23.9 Å². The normalized spacial score (nSPS) is 28.4. The van der Waals surface area contributed by atoms with Crippen LogP contribution in [0.1, 0.15) is 83.2 Å². The Morgan fingerprint density at radius 2 is 1.32 bits per heavy atom. The Kier molecular flexibility index (Phi) is 7.26. The fourth-order valence-electron chi connectivity index (χ4n) is 5.49. The summed E-state index contributed by atoms with van der Waals surface area (Å²) in [5, 5.41) is 37.6. The standard InChI is InChI=1S/C13H15NO5.C13H13NO4/c15-11(16)8-1-4-13(19,5-2-8)10-7-14-6-3-9(10)12(17)18;15-11(16)8-1-4-13(5-2-8)10-7-14-6-3-9(10)12(17)18-13/h3,6-8,19H,1-2,4-5H2,(H,15,16)(H,17,18);3,6-8H,1-2,4-5H2,(H,15,16). The maximum atomic E-state index is 11.8. The van der Waals surface area contributed by atoms with E-state index in [1.807, 2.05) is 0 Å². The average molecular weight is 513 g/mol. The molecule has 11 heteroatoms. The van der Waals surface area contributed by atoms with Gasteiger partial charge in [0.1, 0.15) is 5.60 Å². The number of pyridine rings is 2. The summed E-state index contributed by atoms with van der Waals surface area (Å²) in [5.41, 5.74) is -0.254. The van der Waals surface area contributed by atoms with E-state index in [1.54, 1.807) is 18.5 Å². The molecule has 0 saturated heterocycles. The quantitative estimate of drug-likeness (QED) is 0.442. The van der Waals surface area contributed by atoms with Crippen LogP contribution in [0.5, 0.6) is 0 Å². The lowest BCUT2D eigenvalue weighted by Gasteiger charge is -2.35. The van der Waals surface area contributed by atoms with Crippen LogP contribution in [0, 0.1) is 11.8 Å². The molecule has 0 unspecified atom stereocenters. The molecule has 3 aliphatic rings. The number of hydrogen-bond donors (Lipinski definition) is 4. The van der Waals surface area contributed by atoms with Crippen molar-refractivity contribution in [2.75, 3.05) is 0 Å². The highest BCUT2D eigenvalue weighted by atomic mass is 16.6. The molecule has 2 aliphatic carbocycles. The summed E-state index contributed by atoms with van der Waals surface area (Å²) in [6, 6.07) is 3.01. The number of rotatable bonds is 4. The van der Waals surface area contributed by atoms with Gasteiger partial charge in [-0.15, -0.1) is 0 Å². The van der Waals surface area contributed by atoms with Gasteiger partial charge in [-0.3, -0.25) is 19.6 Å². The first kappa shape index (κ1) is 26.2. The number of carboxylic acid groups (broad SMARTS) is 3. The van der Waals surface area contributed by atoms with Crippen molar-refractivity contribution in [1.82, 2.24) is 9.97 Å². The van der Waals surface area contributed by atoms with Crippen molar-refractivity contribution in [3.8, 4) is 0 Å². The molecule has 2 fully saturated rings. The van der Waals surface area contributed by atoms with Gasteiger partial charge in [-0.05, 0) is 63.5 Å². The Labute approximate surface area is 212 Å². The Hall–Kier alpha value is -3.86. The van der Waals surface area contributed by atoms with Crippen LogP contribution in [-0.4, -0.2) is 54.3 Å². The topological polar surface area (TPSA) is 184 Å². The summed E-state index contributed by atoms with van der Waals surface area (Å²) in [5.74, 6) is -3.86. The van der Waals surface area contributed by atoms with Crippen molar-refractivity contribution in [3.63, 3.8) is 0 Å². The highest BCUT2D eigenvalue weighted by Crippen LogP contribution is 2.47. The maximum absolute atomic E-state index is 11.8. The van der Waals surface area contributed by atoms with Crippen LogP contribution in [0.25, 0.3) is 0 Å². The van der Waals surface area contributed by atoms with Gasteiger partial charge < -0.3 is 25.2 Å². The van der Waals surface area contributed by atoms with Crippen LogP contribution in [0.2, 0.25) is 0 Å². The zero-order chi connectivity index (χ0) is 26.8. The van der Waals surface area contributed by atoms with Crippen LogP contribution in [0.3, 0.4) is 0 Å². The van der Waals surface area contributed by atoms with E-state index in [4.69, 9.17) is 20.1 Å². The van der Waals surface area contributed by atoms with Gasteiger partial charge >= 0.3 is 23.9 Å². The largest absolute Gasteiger partial charge is 0.481 e. The molecule has 11 nitrogen and oxygen atoms in total. The molecule has 196 valence electrons.